The number of nitrogens with one attached hydrogen (secondary N) is 1. The van der Waals surface area contributed by atoms with E-state index in [1.807, 2.05) is 13.0 Å². The first-order chi connectivity index (χ1) is 10.1. The molecule has 4 heteroatoms. The summed E-state index contributed by atoms with van der Waals surface area (Å²) in [6, 6.07) is 10.6. The molecule has 0 bridgehead atoms. The van der Waals surface area contributed by atoms with E-state index in [1.165, 1.54) is 16.0 Å². The molecule has 0 fully saturated rings. The highest BCUT2D eigenvalue weighted by molar-refractivity contribution is 7.18. The van der Waals surface area contributed by atoms with Crippen molar-refractivity contribution < 1.29 is 0 Å². The van der Waals surface area contributed by atoms with Crippen LogP contribution in [0.5, 0.6) is 0 Å². The Bertz CT molecular complexity index is 778. The van der Waals surface area contributed by atoms with Crippen LogP contribution in [0.1, 0.15) is 34.8 Å². The second-order valence-corrected chi connectivity index (χ2v) is 6.56. The molecule has 2 aromatic heterocycles. The van der Waals surface area contributed by atoms with E-state index in [0.29, 0.717) is 0 Å². The summed E-state index contributed by atoms with van der Waals surface area (Å²) >= 11 is 1.74. The summed E-state index contributed by atoms with van der Waals surface area (Å²) in [5.41, 5.74) is 2.53. The van der Waals surface area contributed by atoms with Crippen molar-refractivity contribution in [3.8, 4) is 0 Å². The van der Waals surface area contributed by atoms with Gasteiger partial charge in [0.2, 0.25) is 0 Å². The number of hydrogen-bond donors (Lipinski definition) is 1. The highest BCUT2D eigenvalue weighted by atomic mass is 32.1. The predicted molar refractivity (Wildman–Crippen MR) is 90.1 cm³/mol. The molecule has 0 aliphatic heterocycles. The van der Waals surface area contributed by atoms with Crippen LogP contribution in [-0.4, -0.2) is 9.97 Å². The first-order valence-electron chi connectivity index (χ1n) is 7.12. The maximum atomic E-state index is 4.63. The lowest BCUT2D eigenvalue weighted by molar-refractivity contribution is 0.872. The summed E-state index contributed by atoms with van der Waals surface area (Å²) in [4.78, 5) is 11.6. The van der Waals surface area contributed by atoms with Crippen molar-refractivity contribution in [3.63, 3.8) is 0 Å². The number of aromatic nitrogens is 2. The third-order valence-electron chi connectivity index (χ3n) is 3.79. The van der Waals surface area contributed by atoms with Gasteiger partial charge in [-0.15, -0.1) is 11.3 Å². The fourth-order valence-corrected chi connectivity index (χ4v) is 3.57. The number of thiophene rings is 1. The van der Waals surface area contributed by atoms with Crippen LogP contribution in [-0.2, 0) is 0 Å². The molecule has 3 aromatic rings. The second-order valence-electron chi connectivity index (χ2n) is 5.36. The highest BCUT2D eigenvalue weighted by Gasteiger charge is 2.15. The maximum Gasteiger partial charge on any atom is 0.139 e. The number of nitrogens with zero attached hydrogens (tertiary/aromatic N) is 2. The second kappa shape index (κ2) is 5.45. The highest BCUT2D eigenvalue weighted by Crippen LogP contribution is 2.34. The smallest absolute Gasteiger partial charge is 0.139 e. The molecule has 1 N–H and O–H groups in total. The van der Waals surface area contributed by atoms with Gasteiger partial charge in [0.05, 0.1) is 5.39 Å². The first-order valence-corrected chi connectivity index (χ1v) is 7.93. The molecule has 0 aliphatic carbocycles. The molecule has 3 rings (SSSR count). The van der Waals surface area contributed by atoms with Gasteiger partial charge >= 0.3 is 0 Å². The average molecular weight is 297 g/mol. The number of benzene rings is 1. The monoisotopic (exact) mass is 297 g/mol. The summed E-state index contributed by atoms with van der Waals surface area (Å²) < 4.78 is 0. The quantitative estimate of drug-likeness (QED) is 0.755. The zero-order chi connectivity index (χ0) is 15.0. The van der Waals surface area contributed by atoms with Gasteiger partial charge in [-0.05, 0) is 38.8 Å². The summed E-state index contributed by atoms with van der Waals surface area (Å²) in [5.74, 6) is 1.75. The zero-order valence-electron chi connectivity index (χ0n) is 12.8. The summed E-state index contributed by atoms with van der Waals surface area (Å²) in [6.07, 6.45) is 0. The largest absolute Gasteiger partial charge is 0.363 e. The average Bonchev–Trinajstić information content (AvgIpc) is 2.74. The number of rotatable bonds is 3. The van der Waals surface area contributed by atoms with Crippen molar-refractivity contribution in [2.45, 2.75) is 33.7 Å². The summed E-state index contributed by atoms with van der Waals surface area (Å²) in [7, 11) is 0. The molecule has 0 saturated heterocycles. The van der Waals surface area contributed by atoms with Gasteiger partial charge in [0.1, 0.15) is 16.5 Å². The molecular formula is C17H19N3S. The Labute approximate surface area is 129 Å². The van der Waals surface area contributed by atoms with Crippen LogP contribution in [0.25, 0.3) is 10.2 Å². The minimum absolute atomic E-state index is 0.211. The molecule has 1 aromatic carbocycles. The third kappa shape index (κ3) is 2.63. The fourth-order valence-electron chi connectivity index (χ4n) is 2.49. The number of aryl methyl sites for hydroxylation is 3. The summed E-state index contributed by atoms with van der Waals surface area (Å²) in [6.45, 7) is 8.39. The Morgan fingerprint density at radius 3 is 2.48 bits per heavy atom. The van der Waals surface area contributed by atoms with E-state index in [1.54, 1.807) is 11.3 Å². The fraction of sp³-hybridized carbons (Fsp3) is 0.294. The zero-order valence-corrected chi connectivity index (χ0v) is 13.6. The molecule has 1 unspecified atom stereocenters. The number of fused-ring (bicyclic) bond motifs is 1. The van der Waals surface area contributed by atoms with Crippen molar-refractivity contribution in [2.24, 2.45) is 0 Å². The van der Waals surface area contributed by atoms with Crippen LogP contribution in [0.4, 0.5) is 5.82 Å². The van der Waals surface area contributed by atoms with Crippen LogP contribution >= 0.6 is 11.3 Å². The molecule has 0 amide bonds. The van der Waals surface area contributed by atoms with Gasteiger partial charge < -0.3 is 5.32 Å². The molecule has 2 heterocycles. The van der Waals surface area contributed by atoms with Crippen molar-refractivity contribution in [3.05, 3.63) is 52.2 Å². The van der Waals surface area contributed by atoms with Gasteiger partial charge in [0.15, 0.2) is 0 Å². The Morgan fingerprint density at radius 1 is 1.05 bits per heavy atom. The summed E-state index contributed by atoms with van der Waals surface area (Å²) in [5, 5.41) is 4.71. The van der Waals surface area contributed by atoms with Crippen LogP contribution in [0.15, 0.2) is 30.3 Å². The van der Waals surface area contributed by atoms with Crippen molar-refractivity contribution >= 4 is 27.4 Å². The van der Waals surface area contributed by atoms with Gasteiger partial charge in [0, 0.05) is 10.9 Å². The molecule has 0 radical (unpaired) electrons. The molecule has 1 atom stereocenters. The van der Waals surface area contributed by atoms with Crippen molar-refractivity contribution in [1.82, 2.24) is 9.97 Å². The Kier molecular flexibility index (Phi) is 3.64. The van der Waals surface area contributed by atoms with E-state index < -0.39 is 0 Å². The normalized spacial score (nSPS) is 12.6. The molecule has 0 saturated carbocycles. The minimum Gasteiger partial charge on any atom is -0.363 e. The van der Waals surface area contributed by atoms with Gasteiger partial charge in [-0.2, -0.15) is 0 Å². The van der Waals surface area contributed by atoms with E-state index >= 15 is 0 Å². The Balaban J connectivity index is 2.04. The lowest BCUT2D eigenvalue weighted by Crippen LogP contribution is -2.09. The first kappa shape index (κ1) is 14.0. The predicted octanol–water partition coefficient (Wildman–Crippen LogP) is 4.79. The van der Waals surface area contributed by atoms with Crippen LogP contribution in [0.2, 0.25) is 0 Å². The topological polar surface area (TPSA) is 37.8 Å². The van der Waals surface area contributed by atoms with E-state index in [2.05, 4.69) is 60.3 Å². The van der Waals surface area contributed by atoms with E-state index in [9.17, 15) is 0 Å². The van der Waals surface area contributed by atoms with E-state index in [0.717, 1.165) is 21.9 Å². The molecule has 0 aliphatic rings. The minimum atomic E-state index is 0.211. The lowest BCUT2D eigenvalue weighted by Gasteiger charge is -2.16. The number of anilines is 1. The van der Waals surface area contributed by atoms with Crippen molar-refractivity contribution in [1.29, 1.82) is 0 Å². The lowest BCUT2D eigenvalue weighted by atomic mass is 10.1. The van der Waals surface area contributed by atoms with Crippen LogP contribution in [0, 0.1) is 20.8 Å². The van der Waals surface area contributed by atoms with Crippen molar-refractivity contribution in [2.75, 3.05) is 5.32 Å². The van der Waals surface area contributed by atoms with E-state index in [-0.39, 0.29) is 6.04 Å². The van der Waals surface area contributed by atoms with Gasteiger partial charge in [-0.3, -0.25) is 0 Å². The SMILES string of the molecule is Cc1nc(NC(C)c2ccccc2)c2c(C)c(C)sc2n1. The molecule has 21 heavy (non-hydrogen) atoms. The van der Waals surface area contributed by atoms with Crippen LogP contribution < -0.4 is 5.32 Å². The molecule has 0 spiro atoms. The molecular weight excluding hydrogens is 278 g/mol. The molecule has 108 valence electrons. The van der Waals surface area contributed by atoms with E-state index in [4.69, 9.17) is 0 Å². The van der Waals surface area contributed by atoms with Gasteiger partial charge in [0.25, 0.3) is 0 Å². The van der Waals surface area contributed by atoms with Gasteiger partial charge in [-0.1, -0.05) is 30.3 Å². The van der Waals surface area contributed by atoms with Crippen LogP contribution in [0.3, 0.4) is 0 Å². The molecule has 3 nitrogen and oxygen atoms in total. The standard InChI is InChI=1S/C17H19N3S/c1-10-12(3)21-17-15(10)16(19-13(4)20-17)18-11(2)14-8-6-5-7-9-14/h5-9,11H,1-4H3,(H,18,19,20). The Morgan fingerprint density at radius 2 is 1.76 bits per heavy atom. The number of hydrogen-bond acceptors (Lipinski definition) is 4. The maximum absolute atomic E-state index is 4.63. The van der Waals surface area contributed by atoms with Gasteiger partial charge in [-0.25, -0.2) is 9.97 Å². The third-order valence-corrected chi connectivity index (χ3v) is 4.89. The Hall–Kier alpha value is -1.94.